The molecule has 0 bridgehead atoms. The minimum Gasteiger partial charge on any atom is -0.497 e. The molecule has 0 aliphatic heterocycles. The highest BCUT2D eigenvalue weighted by Gasteiger charge is 2.60. The number of hydrogen-bond donors (Lipinski definition) is 0. The second-order valence-corrected chi connectivity index (χ2v) is 5.27. The number of ether oxygens (including phenoxy) is 3. The Morgan fingerprint density at radius 2 is 2.00 bits per heavy atom. The highest BCUT2D eigenvalue weighted by molar-refractivity contribution is 6.17. The number of alkyl halides is 2. The molecule has 1 unspecified atom stereocenters. The van der Waals surface area contributed by atoms with Crippen LogP contribution in [0.15, 0.2) is 12.1 Å². The van der Waals surface area contributed by atoms with Gasteiger partial charge in [0.2, 0.25) is 0 Å². The van der Waals surface area contributed by atoms with Gasteiger partial charge >= 0.3 is 5.97 Å². The molecule has 1 aromatic carbocycles. The lowest BCUT2D eigenvalue weighted by atomic mass is 9.84. The van der Waals surface area contributed by atoms with E-state index in [2.05, 4.69) is 0 Å². The summed E-state index contributed by atoms with van der Waals surface area (Å²) in [6.07, 6.45) is -3.15. The molecule has 1 atom stereocenters. The van der Waals surface area contributed by atoms with Gasteiger partial charge in [0, 0.05) is 23.6 Å². The third-order valence-corrected chi connectivity index (χ3v) is 3.92. The van der Waals surface area contributed by atoms with E-state index in [0.717, 1.165) is 0 Å². The Hall–Kier alpha value is -2.18. The van der Waals surface area contributed by atoms with E-state index >= 15 is 0 Å². The van der Waals surface area contributed by atoms with Crippen LogP contribution in [0, 0.1) is 5.41 Å². The number of halogens is 2. The van der Waals surface area contributed by atoms with Gasteiger partial charge in [0.15, 0.2) is 11.2 Å². The first-order valence-electron chi connectivity index (χ1n) is 7.17. The Labute approximate surface area is 132 Å². The summed E-state index contributed by atoms with van der Waals surface area (Å²) in [5.74, 6) is -1.63. The zero-order valence-corrected chi connectivity index (χ0v) is 13.2. The van der Waals surface area contributed by atoms with Crippen LogP contribution in [-0.4, -0.2) is 39.0 Å². The molecule has 0 heterocycles. The van der Waals surface area contributed by atoms with Crippen molar-refractivity contribution in [3.8, 4) is 11.5 Å². The van der Waals surface area contributed by atoms with Gasteiger partial charge in [-0.25, -0.2) is 8.78 Å². The van der Waals surface area contributed by atoms with E-state index in [4.69, 9.17) is 14.2 Å². The minimum atomic E-state index is -3.18. The Morgan fingerprint density at radius 3 is 2.52 bits per heavy atom. The summed E-state index contributed by atoms with van der Waals surface area (Å²) < 4.78 is 42.5. The van der Waals surface area contributed by atoms with Crippen molar-refractivity contribution >= 4 is 11.8 Å². The summed E-state index contributed by atoms with van der Waals surface area (Å²) in [6.45, 7) is 1.72. The van der Waals surface area contributed by atoms with Crippen LogP contribution in [0.3, 0.4) is 0 Å². The molecule has 0 aromatic heterocycles. The molecule has 23 heavy (non-hydrogen) atoms. The molecule has 5 nitrogen and oxygen atoms in total. The first kappa shape index (κ1) is 17.2. The quantitative estimate of drug-likeness (QED) is 0.593. The average Bonchev–Trinajstić information content (AvgIpc) is 2.85. The van der Waals surface area contributed by atoms with Crippen LogP contribution >= 0.6 is 0 Å². The lowest BCUT2D eigenvalue weighted by Crippen LogP contribution is -2.45. The number of methoxy groups -OCH3 is 2. The van der Waals surface area contributed by atoms with Gasteiger partial charge in [-0.05, 0) is 12.5 Å². The van der Waals surface area contributed by atoms with Crippen molar-refractivity contribution in [3.05, 3.63) is 23.3 Å². The van der Waals surface area contributed by atoms with Crippen LogP contribution in [0.2, 0.25) is 0 Å². The maximum absolute atomic E-state index is 13.7. The van der Waals surface area contributed by atoms with Crippen LogP contribution in [-0.2, 0) is 16.0 Å². The van der Waals surface area contributed by atoms with Gasteiger partial charge in [0.1, 0.15) is 11.5 Å². The van der Waals surface area contributed by atoms with Gasteiger partial charge in [-0.2, -0.15) is 0 Å². The highest BCUT2D eigenvalue weighted by Crippen LogP contribution is 2.47. The monoisotopic (exact) mass is 328 g/mol. The summed E-state index contributed by atoms with van der Waals surface area (Å²) in [7, 11) is 2.74. The molecule has 1 aliphatic carbocycles. The molecule has 0 spiro atoms. The molecule has 0 saturated heterocycles. The molecule has 0 N–H and O–H groups in total. The maximum Gasteiger partial charge on any atom is 0.326 e. The predicted molar refractivity (Wildman–Crippen MR) is 77.3 cm³/mol. The molecular weight excluding hydrogens is 310 g/mol. The van der Waals surface area contributed by atoms with Crippen molar-refractivity contribution in [1.29, 1.82) is 0 Å². The number of rotatable bonds is 6. The number of carbonyl (C=O) groups excluding carboxylic acids is 2. The van der Waals surface area contributed by atoms with Crippen molar-refractivity contribution in [2.75, 3.05) is 20.8 Å². The maximum atomic E-state index is 13.7. The van der Waals surface area contributed by atoms with E-state index in [1.165, 1.54) is 26.4 Å². The molecule has 1 aliphatic rings. The number of ketones is 1. The van der Waals surface area contributed by atoms with Crippen molar-refractivity contribution in [1.82, 2.24) is 0 Å². The molecule has 126 valence electrons. The third kappa shape index (κ3) is 2.64. The second kappa shape index (κ2) is 6.52. The smallest absolute Gasteiger partial charge is 0.326 e. The molecule has 0 fully saturated rings. The van der Waals surface area contributed by atoms with Crippen molar-refractivity contribution in [3.63, 3.8) is 0 Å². The highest BCUT2D eigenvalue weighted by atomic mass is 19.3. The lowest BCUT2D eigenvalue weighted by Gasteiger charge is -2.24. The molecule has 0 radical (unpaired) electrons. The Morgan fingerprint density at radius 1 is 1.30 bits per heavy atom. The molecule has 7 heteroatoms. The standard InChI is InChI=1S/C16H18F2O5/c1-4-5-23-15(20)16(14(17)18)8-11-10(13(16)19)6-9(21-2)7-12(11)22-3/h6-7,14H,4-5,8H2,1-3H3. The number of fused-ring (bicyclic) bond motifs is 1. The molecular formula is C16H18F2O5. The normalized spacial score (nSPS) is 19.7. The summed E-state index contributed by atoms with van der Waals surface area (Å²) in [4.78, 5) is 24.8. The van der Waals surface area contributed by atoms with E-state index < -0.39 is 30.0 Å². The van der Waals surface area contributed by atoms with Crippen LogP contribution in [0.4, 0.5) is 8.78 Å². The number of benzene rings is 1. The van der Waals surface area contributed by atoms with E-state index in [9.17, 15) is 18.4 Å². The van der Waals surface area contributed by atoms with Crippen LogP contribution < -0.4 is 9.47 Å². The third-order valence-electron chi connectivity index (χ3n) is 3.92. The lowest BCUT2D eigenvalue weighted by molar-refractivity contribution is -0.160. The number of hydrogen-bond acceptors (Lipinski definition) is 5. The number of Topliss-reactive ketones (excluding diaryl/α,β-unsaturated/α-hetero) is 1. The predicted octanol–water partition coefficient (Wildman–Crippen LogP) is 2.65. The zero-order valence-electron chi connectivity index (χ0n) is 13.2. The van der Waals surface area contributed by atoms with Crippen molar-refractivity contribution in [2.45, 2.75) is 26.2 Å². The summed E-state index contributed by atoms with van der Waals surface area (Å²) in [5, 5.41) is 0. The zero-order chi connectivity index (χ0) is 17.2. The average molecular weight is 328 g/mol. The number of esters is 1. The minimum absolute atomic E-state index is 0.00921. The van der Waals surface area contributed by atoms with Gasteiger partial charge in [-0.15, -0.1) is 0 Å². The SMILES string of the molecule is CCCOC(=O)C1(C(F)F)Cc2c(OC)cc(OC)cc2C1=O. The fourth-order valence-electron chi connectivity index (χ4n) is 2.66. The summed E-state index contributed by atoms with van der Waals surface area (Å²) >= 11 is 0. The van der Waals surface area contributed by atoms with Gasteiger partial charge < -0.3 is 14.2 Å². The largest absolute Gasteiger partial charge is 0.497 e. The Bertz CT molecular complexity index is 629. The van der Waals surface area contributed by atoms with Crippen molar-refractivity contribution < 1.29 is 32.6 Å². The van der Waals surface area contributed by atoms with Gasteiger partial charge in [0.05, 0.1) is 20.8 Å². The molecule has 0 saturated carbocycles. The van der Waals surface area contributed by atoms with Crippen LogP contribution in [0.25, 0.3) is 0 Å². The Balaban J connectivity index is 2.53. The summed E-state index contributed by atoms with van der Waals surface area (Å²) in [5.41, 5.74) is -2.24. The Kier molecular flexibility index (Phi) is 4.87. The topological polar surface area (TPSA) is 61.8 Å². The molecule has 1 aromatic rings. The first-order chi connectivity index (χ1) is 10.9. The van der Waals surface area contributed by atoms with Gasteiger partial charge in [-0.1, -0.05) is 6.92 Å². The fraction of sp³-hybridized carbons (Fsp3) is 0.500. The van der Waals surface area contributed by atoms with E-state index in [-0.39, 0.29) is 23.5 Å². The number of carbonyl (C=O) groups is 2. The molecule has 2 rings (SSSR count). The van der Waals surface area contributed by atoms with E-state index in [0.29, 0.717) is 12.2 Å². The van der Waals surface area contributed by atoms with Gasteiger partial charge in [-0.3, -0.25) is 9.59 Å². The molecule has 0 amide bonds. The summed E-state index contributed by atoms with van der Waals surface area (Å²) in [6, 6.07) is 2.84. The van der Waals surface area contributed by atoms with Crippen LogP contribution in [0.5, 0.6) is 11.5 Å². The van der Waals surface area contributed by atoms with Crippen molar-refractivity contribution in [2.24, 2.45) is 5.41 Å². The van der Waals surface area contributed by atoms with Crippen LogP contribution in [0.1, 0.15) is 29.3 Å². The van der Waals surface area contributed by atoms with Gasteiger partial charge in [0.25, 0.3) is 6.43 Å². The van der Waals surface area contributed by atoms with E-state index in [1.54, 1.807) is 6.92 Å². The first-order valence-corrected chi connectivity index (χ1v) is 7.17. The van der Waals surface area contributed by atoms with E-state index in [1.807, 2.05) is 0 Å². The fourth-order valence-corrected chi connectivity index (χ4v) is 2.66. The second-order valence-electron chi connectivity index (χ2n) is 5.27.